The molecule has 4 unspecified atom stereocenters. The Bertz CT molecular complexity index is 375. The van der Waals surface area contributed by atoms with Crippen LogP contribution in [0, 0.1) is 17.8 Å². The fraction of sp³-hybridized carbons (Fsp3) is 1.00. The minimum absolute atomic E-state index is 0.0986. The van der Waals surface area contributed by atoms with E-state index in [9.17, 15) is 8.42 Å². The Labute approximate surface area is 112 Å². The van der Waals surface area contributed by atoms with Gasteiger partial charge < -0.3 is 5.32 Å². The van der Waals surface area contributed by atoms with Crippen molar-refractivity contribution in [1.29, 1.82) is 0 Å². The average molecular weight is 273 g/mol. The third-order valence-electron chi connectivity index (χ3n) is 5.05. The van der Waals surface area contributed by atoms with E-state index >= 15 is 0 Å². The maximum atomic E-state index is 11.7. The second-order valence-corrected chi connectivity index (χ2v) is 8.71. The van der Waals surface area contributed by atoms with Crippen LogP contribution < -0.4 is 5.32 Å². The molecule has 0 saturated heterocycles. The van der Waals surface area contributed by atoms with Crippen molar-refractivity contribution in [2.75, 3.05) is 13.3 Å². The minimum Gasteiger partial charge on any atom is -0.316 e. The van der Waals surface area contributed by atoms with Gasteiger partial charge in [-0.2, -0.15) is 0 Å². The average Bonchev–Trinajstić information content (AvgIpc) is 3.13. The molecular weight excluding hydrogens is 246 g/mol. The zero-order valence-corrected chi connectivity index (χ0v) is 12.7. The van der Waals surface area contributed by atoms with Crippen LogP contribution in [0.4, 0.5) is 0 Å². The summed E-state index contributed by atoms with van der Waals surface area (Å²) in [4.78, 5) is 0. The maximum Gasteiger partial charge on any atom is 0.150 e. The Kier molecular flexibility index (Phi) is 4.37. The van der Waals surface area contributed by atoms with E-state index in [2.05, 4.69) is 12.2 Å². The lowest BCUT2D eigenvalue weighted by atomic mass is 9.77. The Morgan fingerprint density at radius 3 is 2.28 bits per heavy atom. The molecule has 2 aliphatic rings. The van der Waals surface area contributed by atoms with Crippen LogP contribution in [0.2, 0.25) is 0 Å². The number of nitrogens with one attached hydrogen (secondary N) is 1. The van der Waals surface area contributed by atoms with Crippen molar-refractivity contribution in [2.45, 2.75) is 56.7 Å². The number of sulfone groups is 1. The van der Waals surface area contributed by atoms with Gasteiger partial charge in [0, 0.05) is 12.3 Å². The highest BCUT2D eigenvalue weighted by Gasteiger charge is 2.39. The van der Waals surface area contributed by atoms with Crippen LogP contribution >= 0.6 is 0 Å². The van der Waals surface area contributed by atoms with Crippen LogP contribution in [0.5, 0.6) is 0 Å². The van der Waals surface area contributed by atoms with E-state index < -0.39 is 9.84 Å². The molecule has 4 atom stereocenters. The molecule has 0 aromatic carbocycles. The molecular formula is C14H27NO2S. The quantitative estimate of drug-likeness (QED) is 0.835. The van der Waals surface area contributed by atoms with E-state index in [1.54, 1.807) is 0 Å². The van der Waals surface area contributed by atoms with Gasteiger partial charge in [-0.1, -0.05) is 13.3 Å². The third-order valence-corrected chi connectivity index (χ3v) is 6.68. The molecule has 18 heavy (non-hydrogen) atoms. The van der Waals surface area contributed by atoms with Gasteiger partial charge in [0.1, 0.15) is 9.84 Å². The molecule has 0 aliphatic heterocycles. The van der Waals surface area contributed by atoms with Gasteiger partial charge in [0.2, 0.25) is 0 Å². The van der Waals surface area contributed by atoms with Crippen LogP contribution in [0.3, 0.4) is 0 Å². The standard InChI is InChI=1S/C14H27NO2S/c1-10(11-7-8-11)14(15-2)12-5-4-6-13(9-12)18(3,16)17/h10-15H,4-9H2,1-3H3. The van der Waals surface area contributed by atoms with Crippen molar-refractivity contribution in [2.24, 2.45) is 17.8 Å². The molecule has 2 saturated carbocycles. The number of rotatable bonds is 5. The monoisotopic (exact) mass is 273 g/mol. The zero-order chi connectivity index (χ0) is 13.3. The normalized spacial score (nSPS) is 33.1. The summed E-state index contributed by atoms with van der Waals surface area (Å²) in [5.74, 6) is 2.11. The van der Waals surface area contributed by atoms with Gasteiger partial charge in [0.05, 0.1) is 5.25 Å². The van der Waals surface area contributed by atoms with Gasteiger partial charge in [0.25, 0.3) is 0 Å². The first-order valence-electron chi connectivity index (χ1n) is 7.29. The van der Waals surface area contributed by atoms with Crippen LogP contribution in [0.1, 0.15) is 45.4 Å². The molecule has 0 bridgehead atoms. The number of hydrogen-bond donors (Lipinski definition) is 1. The molecule has 0 aromatic rings. The zero-order valence-electron chi connectivity index (χ0n) is 11.9. The molecule has 0 spiro atoms. The van der Waals surface area contributed by atoms with E-state index in [1.807, 2.05) is 7.05 Å². The first-order valence-corrected chi connectivity index (χ1v) is 9.25. The highest BCUT2D eigenvalue weighted by atomic mass is 32.2. The van der Waals surface area contributed by atoms with Crippen molar-refractivity contribution in [3.8, 4) is 0 Å². The van der Waals surface area contributed by atoms with Gasteiger partial charge >= 0.3 is 0 Å². The Hall–Kier alpha value is -0.0900. The summed E-state index contributed by atoms with van der Waals surface area (Å²) in [5, 5.41) is 3.37. The van der Waals surface area contributed by atoms with Gasteiger partial charge in [-0.25, -0.2) is 8.42 Å². The lowest BCUT2D eigenvalue weighted by molar-refractivity contribution is 0.211. The van der Waals surface area contributed by atoms with Crippen molar-refractivity contribution >= 4 is 9.84 Å². The molecule has 0 heterocycles. The molecule has 2 aliphatic carbocycles. The molecule has 3 nitrogen and oxygen atoms in total. The van der Waals surface area contributed by atoms with Crippen LogP contribution in [-0.4, -0.2) is 33.0 Å². The second kappa shape index (κ2) is 5.49. The summed E-state index contributed by atoms with van der Waals surface area (Å²) in [6.45, 7) is 2.34. The molecule has 0 aromatic heterocycles. The van der Waals surface area contributed by atoms with E-state index in [0.29, 0.717) is 17.9 Å². The SMILES string of the molecule is CNC(C1CCCC(S(C)(=O)=O)C1)C(C)C1CC1. The summed E-state index contributed by atoms with van der Waals surface area (Å²) >= 11 is 0. The molecule has 2 fully saturated rings. The van der Waals surface area contributed by atoms with Crippen LogP contribution in [0.15, 0.2) is 0 Å². The van der Waals surface area contributed by atoms with Crippen molar-refractivity contribution in [1.82, 2.24) is 5.32 Å². The lowest BCUT2D eigenvalue weighted by Gasteiger charge is -2.37. The number of hydrogen-bond acceptors (Lipinski definition) is 3. The Balaban J connectivity index is 2.02. The maximum absolute atomic E-state index is 11.7. The van der Waals surface area contributed by atoms with Crippen molar-refractivity contribution in [3.63, 3.8) is 0 Å². The first-order chi connectivity index (χ1) is 8.43. The molecule has 2 rings (SSSR count). The fourth-order valence-corrected chi connectivity index (χ4v) is 4.93. The van der Waals surface area contributed by atoms with Crippen molar-refractivity contribution in [3.05, 3.63) is 0 Å². The smallest absolute Gasteiger partial charge is 0.150 e. The lowest BCUT2D eigenvalue weighted by Crippen LogP contribution is -2.44. The van der Waals surface area contributed by atoms with Gasteiger partial charge in [-0.3, -0.25) is 0 Å². The first kappa shape index (κ1) is 14.3. The Morgan fingerprint density at radius 1 is 1.11 bits per heavy atom. The molecule has 4 heteroatoms. The molecule has 106 valence electrons. The molecule has 1 N–H and O–H groups in total. The fourth-order valence-electron chi connectivity index (χ4n) is 3.74. The highest BCUT2D eigenvalue weighted by molar-refractivity contribution is 7.91. The van der Waals surface area contributed by atoms with Crippen LogP contribution in [0.25, 0.3) is 0 Å². The Morgan fingerprint density at radius 2 is 1.78 bits per heavy atom. The van der Waals surface area contributed by atoms with E-state index in [1.165, 1.54) is 25.5 Å². The molecule has 0 radical (unpaired) electrons. The van der Waals surface area contributed by atoms with Gasteiger partial charge in [-0.05, 0) is 56.9 Å². The van der Waals surface area contributed by atoms with E-state index in [0.717, 1.165) is 25.2 Å². The largest absolute Gasteiger partial charge is 0.316 e. The van der Waals surface area contributed by atoms with Gasteiger partial charge in [-0.15, -0.1) is 0 Å². The topological polar surface area (TPSA) is 46.2 Å². The minimum atomic E-state index is -2.86. The summed E-state index contributed by atoms with van der Waals surface area (Å²) in [7, 11) is -0.823. The van der Waals surface area contributed by atoms with Crippen LogP contribution in [-0.2, 0) is 9.84 Å². The summed E-state index contributed by atoms with van der Waals surface area (Å²) in [6, 6.07) is 0.502. The van der Waals surface area contributed by atoms with Gasteiger partial charge in [0.15, 0.2) is 0 Å². The second-order valence-electron chi connectivity index (χ2n) is 6.39. The predicted octanol–water partition coefficient (Wildman–Crippen LogP) is 2.22. The van der Waals surface area contributed by atoms with E-state index in [4.69, 9.17) is 0 Å². The summed E-state index contributed by atoms with van der Waals surface area (Å²) in [6.07, 6.45) is 8.11. The highest BCUT2D eigenvalue weighted by Crippen LogP contribution is 2.42. The predicted molar refractivity (Wildman–Crippen MR) is 75.3 cm³/mol. The van der Waals surface area contributed by atoms with Crippen molar-refractivity contribution < 1.29 is 8.42 Å². The van der Waals surface area contributed by atoms with E-state index in [-0.39, 0.29) is 5.25 Å². The third kappa shape index (κ3) is 3.27. The summed E-state index contributed by atoms with van der Waals surface area (Å²) in [5.41, 5.74) is 0. The molecule has 0 amide bonds. The summed E-state index contributed by atoms with van der Waals surface area (Å²) < 4.78 is 23.5.